The lowest BCUT2D eigenvalue weighted by Crippen LogP contribution is -2.01. The third-order valence-corrected chi connectivity index (χ3v) is 3.39. The Kier molecular flexibility index (Phi) is 2.97. The van der Waals surface area contributed by atoms with Crippen LogP contribution in [0.4, 0.5) is 5.82 Å². The van der Waals surface area contributed by atoms with E-state index < -0.39 is 0 Å². The van der Waals surface area contributed by atoms with E-state index in [0.29, 0.717) is 12.0 Å². The van der Waals surface area contributed by atoms with E-state index in [1.54, 1.807) is 0 Å². The molecule has 0 radical (unpaired) electrons. The molecule has 100 valence electrons. The van der Waals surface area contributed by atoms with Crippen LogP contribution in [-0.2, 0) is 0 Å². The Labute approximate surface area is 113 Å². The first kappa shape index (κ1) is 12.1. The number of rotatable bonds is 4. The van der Waals surface area contributed by atoms with Crippen LogP contribution in [0.15, 0.2) is 18.5 Å². The quantitative estimate of drug-likeness (QED) is 0.915. The van der Waals surface area contributed by atoms with Crippen molar-refractivity contribution in [1.29, 1.82) is 0 Å². The van der Waals surface area contributed by atoms with Crippen molar-refractivity contribution >= 4 is 5.82 Å². The molecule has 1 N–H and O–H groups in total. The van der Waals surface area contributed by atoms with Crippen molar-refractivity contribution in [2.45, 2.75) is 38.6 Å². The Morgan fingerprint density at radius 2 is 2.11 bits per heavy atom. The molecule has 0 bridgehead atoms. The number of aromatic nitrogens is 4. The van der Waals surface area contributed by atoms with E-state index >= 15 is 0 Å². The van der Waals surface area contributed by atoms with E-state index in [4.69, 9.17) is 0 Å². The molecule has 1 aliphatic rings. The van der Waals surface area contributed by atoms with Gasteiger partial charge in [0.05, 0.1) is 11.8 Å². The van der Waals surface area contributed by atoms with Gasteiger partial charge in [0.2, 0.25) is 0 Å². The van der Waals surface area contributed by atoms with Gasteiger partial charge >= 0.3 is 0 Å². The second kappa shape index (κ2) is 4.64. The Hall–Kier alpha value is -1.91. The van der Waals surface area contributed by atoms with Crippen LogP contribution in [-0.4, -0.2) is 26.8 Å². The number of hydrogen-bond donors (Lipinski definition) is 1. The maximum absolute atomic E-state index is 4.68. The highest BCUT2D eigenvalue weighted by molar-refractivity contribution is 5.56. The summed E-state index contributed by atoms with van der Waals surface area (Å²) in [6, 6.07) is 2.40. The van der Waals surface area contributed by atoms with Gasteiger partial charge in [-0.15, -0.1) is 0 Å². The average molecular weight is 257 g/mol. The fourth-order valence-electron chi connectivity index (χ4n) is 2.05. The molecule has 2 aromatic rings. The fraction of sp³-hybridized carbons (Fsp3) is 0.500. The SMILES string of the molecule is CNc1cc(C2CC2)nc(-c2cnn(C(C)C)c2)n1. The van der Waals surface area contributed by atoms with Crippen LogP contribution >= 0.6 is 0 Å². The lowest BCUT2D eigenvalue weighted by molar-refractivity contribution is 0.532. The molecule has 1 saturated carbocycles. The summed E-state index contributed by atoms with van der Waals surface area (Å²) < 4.78 is 1.93. The van der Waals surface area contributed by atoms with Gasteiger partial charge in [-0.25, -0.2) is 9.97 Å². The Balaban J connectivity index is 2.00. The van der Waals surface area contributed by atoms with Crippen molar-refractivity contribution in [2.75, 3.05) is 12.4 Å². The summed E-state index contributed by atoms with van der Waals surface area (Å²) in [6.45, 7) is 4.22. The summed E-state index contributed by atoms with van der Waals surface area (Å²) in [6.07, 6.45) is 6.33. The Morgan fingerprint density at radius 1 is 1.32 bits per heavy atom. The number of anilines is 1. The number of nitrogens with zero attached hydrogens (tertiary/aromatic N) is 4. The lowest BCUT2D eigenvalue weighted by Gasteiger charge is -2.06. The first-order chi connectivity index (χ1) is 9.17. The molecule has 0 atom stereocenters. The van der Waals surface area contributed by atoms with Gasteiger partial charge in [0.15, 0.2) is 5.82 Å². The maximum Gasteiger partial charge on any atom is 0.164 e. The van der Waals surface area contributed by atoms with Gasteiger partial charge in [0.1, 0.15) is 5.82 Å². The first-order valence-electron chi connectivity index (χ1n) is 6.78. The molecule has 2 heterocycles. The topological polar surface area (TPSA) is 55.6 Å². The van der Waals surface area contributed by atoms with E-state index in [2.05, 4.69) is 34.2 Å². The normalized spacial score (nSPS) is 14.9. The molecule has 3 rings (SSSR count). The maximum atomic E-state index is 4.68. The molecule has 1 fully saturated rings. The summed E-state index contributed by atoms with van der Waals surface area (Å²) in [5.41, 5.74) is 2.12. The molecular formula is C14H19N5. The predicted octanol–water partition coefficient (Wildman–Crippen LogP) is 2.84. The smallest absolute Gasteiger partial charge is 0.164 e. The summed E-state index contributed by atoms with van der Waals surface area (Å²) in [5, 5.41) is 7.47. The van der Waals surface area contributed by atoms with Crippen LogP contribution in [0, 0.1) is 0 Å². The van der Waals surface area contributed by atoms with E-state index in [1.807, 2.05) is 30.2 Å². The van der Waals surface area contributed by atoms with Gasteiger partial charge in [-0.3, -0.25) is 4.68 Å². The average Bonchev–Trinajstić information content (AvgIpc) is 3.14. The Morgan fingerprint density at radius 3 is 2.68 bits per heavy atom. The van der Waals surface area contributed by atoms with Gasteiger partial charge in [-0.2, -0.15) is 5.10 Å². The Bertz CT molecular complexity index is 583. The number of nitrogens with one attached hydrogen (secondary N) is 1. The molecule has 5 nitrogen and oxygen atoms in total. The summed E-state index contributed by atoms with van der Waals surface area (Å²) in [5.74, 6) is 2.26. The zero-order valence-electron chi connectivity index (χ0n) is 11.6. The number of hydrogen-bond acceptors (Lipinski definition) is 4. The zero-order valence-corrected chi connectivity index (χ0v) is 11.6. The molecule has 5 heteroatoms. The minimum absolute atomic E-state index is 0.351. The molecule has 0 amide bonds. The van der Waals surface area contributed by atoms with Gasteiger partial charge in [0.25, 0.3) is 0 Å². The second-order valence-corrected chi connectivity index (χ2v) is 5.33. The predicted molar refractivity (Wildman–Crippen MR) is 75.2 cm³/mol. The highest BCUT2D eigenvalue weighted by Crippen LogP contribution is 2.40. The van der Waals surface area contributed by atoms with Gasteiger partial charge in [0, 0.05) is 37.0 Å². The van der Waals surface area contributed by atoms with Crippen molar-refractivity contribution < 1.29 is 0 Å². The summed E-state index contributed by atoms with van der Waals surface area (Å²) >= 11 is 0. The van der Waals surface area contributed by atoms with Crippen LogP contribution < -0.4 is 5.32 Å². The minimum atomic E-state index is 0.351. The van der Waals surface area contributed by atoms with Crippen LogP contribution in [0.2, 0.25) is 0 Å². The van der Waals surface area contributed by atoms with E-state index in [0.717, 1.165) is 22.9 Å². The fourth-order valence-corrected chi connectivity index (χ4v) is 2.05. The summed E-state index contributed by atoms with van der Waals surface area (Å²) in [4.78, 5) is 9.21. The molecule has 0 saturated heterocycles. The molecular weight excluding hydrogens is 238 g/mol. The molecule has 1 aliphatic carbocycles. The largest absolute Gasteiger partial charge is 0.373 e. The third-order valence-electron chi connectivity index (χ3n) is 3.39. The molecule has 0 aromatic carbocycles. The zero-order chi connectivity index (χ0) is 13.4. The van der Waals surface area contributed by atoms with Crippen molar-refractivity contribution in [1.82, 2.24) is 19.7 Å². The standard InChI is InChI=1S/C14H19N5/c1-9(2)19-8-11(7-16-19)14-17-12(10-4-5-10)6-13(15-3)18-14/h6-10H,4-5H2,1-3H3,(H,15,17,18). The monoisotopic (exact) mass is 257 g/mol. The highest BCUT2D eigenvalue weighted by Gasteiger charge is 2.26. The molecule has 2 aromatic heterocycles. The summed E-state index contributed by atoms with van der Waals surface area (Å²) in [7, 11) is 1.89. The van der Waals surface area contributed by atoms with E-state index in [9.17, 15) is 0 Å². The van der Waals surface area contributed by atoms with Crippen molar-refractivity contribution in [3.63, 3.8) is 0 Å². The van der Waals surface area contributed by atoms with Crippen LogP contribution in [0.3, 0.4) is 0 Å². The van der Waals surface area contributed by atoms with Gasteiger partial charge < -0.3 is 5.32 Å². The molecule has 0 unspecified atom stereocenters. The van der Waals surface area contributed by atoms with Crippen molar-refractivity contribution in [3.8, 4) is 11.4 Å². The van der Waals surface area contributed by atoms with Gasteiger partial charge in [-0.1, -0.05) is 0 Å². The van der Waals surface area contributed by atoms with Crippen molar-refractivity contribution in [2.24, 2.45) is 0 Å². The molecule has 19 heavy (non-hydrogen) atoms. The van der Waals surface area contributed by atoms with Crippen LogP contribution in [0.25, 0.3) is 11.4 Å². The molecule has 0 aliphatic heterocycles. The second-order valence-electron chi connectivity index (χ2n) is 5.33. The third kappa shape index (κ3) is 2.45. The van der Waals surface area contributed by atoms with E-state index in [-0.39, 0.29) is 0 Å². The first-order valence-corrected chi connectivity index (χ1v) is 6.78. The molecule has 0 spiro atoms. The van der Waals surface area contributed by atoms with Gasteiger partial charge in [-0.05, 0) is 26.7 Å². The minimum Gasteiger partial charge on any atom is -0.373 e. The van der Waals surface area contributed by atoms with Crippen molar-refractivity contribution in [3.05, 3.63) is 24.2 Å². The van der Waals surface area contributed by atoms with Crippen LogP contribution in [0.5, 0.6) is 0 Å². The van der Waals surface area contributed by atoms with E-state index in [1.165, 1.54) is 12.8 Å². The lowest BCUT2D eigenvalue weighted by atomic mass is 10.2. The highest BCUT2D eigenvalue weighted by atomic mass is 15.3. The van der Waals surface area contributed by atoms with Crippen LogP contribution in [0.1, 0.15) is 44.3 Å².